The second-order valence-corrected chi connectivity index (χ2v) is 5.39. The van der Waals surface area contributed by atoms with E-state index in [4.69, 9.17) is 5.11 Å². The third kappa shape index (κ3) is 6.89. The van der Waals surface area contributed by atoms with E-state index in [9.17, 15) is 9.59 Å². The Balaban J connectivity index is 2.30. The van der Waals surface area contributed by atoms with Crippen LogP contribution in [0.3, 0.4) is 0 Å². The molecule has 0 unspecified atom stereocenters. The minimum absolute atomic E-state index is 0.120. The number of carbonyl (C=O) groups excluding carboxylic acids is 1. The fourth-order valence-electron chi connectivity index (χ4n) is 1.75. The van der Waals surface area contributed by atoms with Gasteiger partial charge in [-0.2, -0.15) is 0 Å². The number of carboxylic acids is 1. The molecule has 20 heavy (non-hydrogen) atoms. The number of rotatable bonds is 8. The van der Waals surface area contributed by atoms with Gasteiger partial charge in [-0.25, -0.2) is 0 Å². The first-order valence-electron chi connectivity index (χ1n) is 6.66. The largest absolute Gasteiger partial charge is 0.480 e. The molecule has 0 aliphatic rings. The van der Waals surface area contributed by atoms with E-state index in [0.29, 0.717) is 0 Å². The minimum Gasteiger partial charge on any atom is -0.480 e. The molecule has 1 amide bonds. The molecule has 0 saturated heterocycles. The Morgan fingerprint density at radius 1 is 1.15 bits per heavy atom. The molecule has 0 saturated carbocycles. The zero-order valence-corrected chi connectivity index (χ0v) is 12.0. The maximum atomic E-state index is 11.4. The molecular weight excluding hydrogens is 256 g/mol. The molecule has 5 nitrogen and oxygen atoms in total. The van der Waals surface area contributed by atoms with Gasteiger partial charge >= 0.3 is 5.97 Å². The highest BCUT2D eigenvalue weighted by Crippen LogP contribution is 2.13. The predicted molar refractivity (Wildman–Crippen MR) is 77.5 cm³/mol. The summed E-state index contributed by atoms with van der Waals surface area (Å²) in [5.41, 5.74) is 1.08. The summed E-state index contributed by atoms with van der Waals surface area (Å²) in [6.07, 6.45) is 1.82. The van der Waals surface area contributed by atoms with Crippen molar-refractivity contribution < 1.29 is 14.7 Å². The molecule has 0 bridgehead atoms. The summed E-state index contributed by atoms with van der Waals surface area (Å²) in [6, 6.07) is 10.2. The van der Waals surface area contributed by atoms with Gasteiger partial charge in [0.25, 0.3) is 0 Å². The van der Waals surface area contributed by atoms with Crippen LogP contribution < -0.4 is 10.6 Å². The van der Waals surface area contributed by atoms with Crippen molar-refractivity contribution in [3.8, 4) is 0 Å². The van der Waals surface area contributed by atoms with E-state index < -0.39 is 5.97 Å². The van der Waals surface area contributed by atoms with Gasteiger partial charge in [0.05, 0.1) is 6.54 Å². The van der Waals surface area contributed by atoms with Crippen molar-refractivity contribution in [1.29, 1.82) is 0 Å². The maximum Gasteiger partial charge on any atom is 0.322 e. The average molecular weight is 278 g/mol. The van der Waals surface area contributed by atoms with Gasteiger partial charge in [0, 0.05) is 5.54 Å². The van der Waals surface area contributed by atoms with Crippen molar-refractivity contribution >= 4 is 11.9 Å². The van der Waals surface area contributed by atoms with Crippen LogP contribution in [0.15, 0.2) is 30.3 Å². The van der Waals surface area contributed by atoms with Crippen molar-refractivity contribution in [1.82, 2.24) is 10.6 Å². The summed E-state index contributed by atoms with van der Waals surface area (Å²) < 4.78 is 0. The lowest BCUT2D eigenvalue weighted by Crippen LogP contribution is -2.46. The van der Waals surface area contributed by atoms with Crippen molar-refractivity contribution in [2.75, 3.05) is 13.1 Å². The molecule has 0 spiro atoms. The van der Waals surface area contributed by atoms with Crippen LogP contribution in [0.1, 0.15) is 25.8 Å². The summed E-state index contributed by atoms with van der Waals surface area (Å²) in [6.45, 7) is 3.83. The monoisotopic (exact) mass is 278 g/mol. The van der Waals surface area contributed by atoms with Crippen molar-refractivity contribution in [2.24, 2.45) is 0 Å². The second kappa shape index (κ2) is 7.65. The zero-order valence-electron chi connectivity index (χ0n) is 12.0. The first-order valence-corrected chi connectivity index (χ1v) is 6.66. The fourth-order valence-corrected chi connectivity index (χ4v) is 1.75. The van der Waals surface area contributed by atoms with Gasteiger partial charge in [0.15, 0.2) is 0 Å². The number of aliphatic carboxylic acids is 1. The minimum atomic E-state index is -1.04. The highest BCUT2D eigenvalue weighted by atomic mass is 16.4. The van der Waals surface area contributed by atoms with Crippen LogP contribution in [0.5, 0.6) is 0 Å². The number of amides is 1. The van der Waals surface area contributed by atoms with E-state index >= 15 is 0 Å². The third-order valence-electron chi connectivity index (χ3n) is 3.05. The molecule has 3 N–H and O–H groups in total. The van der Waals surface area contributed by atoms with E-state index in [0.717, 1.165) is 12.8 Å². The van der Waals surface area contributed by atoms with Crippen LogP contribution in [0.2, 0.25) is 0 Å². The van der Waals surface area contributed by atoms with E-state index in [2.05, 4.69) is 22.8 Å². The summed E-state index contributed by atoms with van der Waals surface area (Å²) in [7, 11) is 0. The molecule has 0 atom stereocenters. The molecule has 1 rings (SSSR count). The fraction of sp³-hybridized carbons (Fsp3) is 0.467. The molecule has 0 heterocycles. The Morgan fingerprint density at radius 2 is 1.80 bits per heavy atom. The van der Waals surface area contributed by atoms with Gasteiger partial charge < -0.3 is 15.7 Å². The Hall–Kier alpha value is -1.88. The Labute approximate surface area is 119 Å². The van der Waals surface area contributed by atoms with Crippen molar-refractivity contribution in [3.63, 3.8) is 0 Å². The van der Waals surface area contributed by atoms with Crippen LogP contribution in [0.25, 0.3) is 0 Å². The standard InChI is InChI=1S/C15H22N2O3/c1-15(2,9-8-12-6-4-3-5-7-12)17-10-13(18)16-11-14(19)20/h3-7,17H,8-11H2,1-2H3,(H,16,18)(H,19,20). The molecule has 0 aliphatic heterocycles. The van der Waals surface area contributed by atoms with E-state index in [1.807, 2.05) is 32.0 Å². The summed E-state index contributed by atoms with van der Waals surface area (Å²) in [5.74, 6) is -1.35. The van der Waals surface area contributed by atoms with Crippen LogP contribution in [0, 0.1) is 0 Å². The SMILES string of the molecule is CC(C)(CCc1ccccc1)NCC(=O)NCC(=O)O. The quantitative estimate of drug-likeness (QED) is 0.667. The number of hydrogen-bond donors (Lipinski definition) is 3. The molecular formula is C15H22N2O3. The normalized spacial score (nSPS) is 11.1. The lowest BCUT2D eigenvalue weighted by Gasteiger charge is -2.26. The summed E-state index contributed by atoms with van der Waals surface area (Å²) >= 11 is 0. The number of nitrogens with one attached hydrogen (secondary N) is 2. The predicted octanol–water partition coefficient (Wildman–Crippen LogP) is 1.19. The van der Waals surface area contributed by atoms with E-state index in [1.165, 1.54) is 5.56 Å². The van der Waals surface area contributed by atoms with Gasteiger partial charge in [-0.3, -0.25) is 9.59 Å². The first kappa shape index (κ1) is 16.2. The van der Waals surface area contributed by atoms with Gasteiger partial charge in [0.1, 0.15) is 6.54 Å². The van der Waals surface area contributed by atoms with Crippen LogP contribution in [-0.4, -0.2) is 35.6 Å². The summed E-state index contributed by atoms with van der Waals surface area (Å²) in [4.78, 5) is 21.8. The second-order valence-electron chi connectivity index (χ2n) is 5.39. The lowest BCUT2D eigenvalue weighted by atomic mass is 9.95. The zero-order chi connectivity index (χ0) is 15.0. The molecule has 0 radical (unpaired) electrons. The van der Waals surface area contributed by atoms with Crippen molar-refractivity contribution in [2.45, 2.75) is 32.2 Å². The molecule has 1 aromatic carbocycles. The summed E-state index contributed by atoms with van der Waals surface area (Å²) in [5, 5.41) is 13.9. The molecule has 0 aliphatic carbocycles. The highest BCUT2D eigenvalue weighted by Gasteiger charge is 2.18. The van der Waals surface area contributed by atoms with Gasteiger partial charge in [-0.1, -0.05) is 30.3 Å². The first-order chi connectivity index (χ1) is 9.39. The van der Waals surface area contributed by atoms with Crippen LogP contribution >= 0.6 is 0 Å². The molecule has 110 valence electrons. The number of carboxylic acid groups (broad SMARTS) is 1. The molecule has 0 aromatic heterocycles. The average Bonchev–Trinajstić information content (AvgIpc) is 2.42. The van der Waals surface area contributed by atoms with Crippen molar-refractivity contribution in [3.05, 3.63) is 35.9 Å². The highest BCUT2D eigenvalue weighted by molar-refractivity contribution is 5.82. The number of benzene rings is 1. The Morgan fingerprint density at radius 3 is 2.40 bits per heavy atom. The van der Waals surface area contributed by atoms with E-state index in [-0.39, 0.29) is 24.5 Å². The van der Waals surface area contributed by atoms with E-state index in [1.54, 1.807) is 0 Å². The molecule has 1 aromatic rings. The molecule has 5 heteroatoms. The molecule has 0 fully saturated rings. The maximum absolute atomic E-state index is 11.4. The Bertz CT molecular complexity index is 444. The van der Waals surface area contributed by atoms with Gasteiger partial charge in [0.2, 0.25) is 5.91 Å². The Kier molecular flexibility index (Phi) is 6.18. The number of carbonyl (C=O) groups is 2. The smallest absolute Gasteiger partial charge is 0.322 e. The number of hydrogen-bond acceptors (Lipinski definition) is 3. The third-order valence-corrected chi connectivity index (χ3v) is 3.05. The number of aryl methyl sites for hydroxylation is 1. The van der Waals surface area contributed by atoms with Crippen LogP contribution in [-0.2, 0) is 16.0 Å². The lowest BCUT2D eigenvalue weighted by molar-refractivity contribution is -0.137. The van der Waals surface area contributed by atoms with Gasteiger partial charge in [-0.15, -0.1) is 0 Å². The van der Waals surface area contributed by atoms with Gasteiger partial charge in [-0.05, 0) is 32.3 Å². The van der Waals surface area contributed by atoms with Crippen LogP contribution in [0.4, 0.5) is 0 Å². The topological polar surface area (TPSA) is 78.4 Å².